The number of aliphatic carboxylic acids is 1. The number of carbonyl (C=O) groups is 1. The Balaban J connectivity index is 4.01. The molecule has 0 aromatic carbocycles. The first-order valence-corrected chi connectivity index (χ1v) is 8.58. The van der Waals surface area contributed by atoms with Crippen LogP contribution in [-0.4, -0.2) is 56.6 Å². The molecule has 21 heavy (non-hydrogen) atoms. The maximum absolute atomic E-state index is 11.7. The van der Waals surface area contributed by atoms with Gasteiger partial charge in [0, 0.05) is 25.6 Å². The van der Waals surface area contributed by atoms with E-state index in [0.717, 1.165) is 0 Å². The van der Waals surface area contributed by atoms with Crippen LogP contribution in [0.15, 0.2) is 0 Å². The first kappa shape index (κ1) is 20.3. The Labute approximate surface area is 127 Å². The largest absolute Gasteiger partial charge is 0.481 e. The van der Waals surface area contributed by atoms with Crippen molar-refractivity contribution in [3.8, 4) is 0 Å². The number of hydrogen-bond acceptors (Lipinski definition) is 6. The molecule has 0 saturated heterocycles. The molecule has 0 amide bonds. The van der Waals surface area contributed by atoms with Gasteiger partial charge in [-0.3, -0.25) is 8.98 Å². The molecule has 0 heterocycles. The minimum absolute atomic E-state index is 0.0239. The molecule has 0 spiro atoms. The van der Waals surface area contributed by atoms with E-state index in [9.17, 15) is 13.2 Å². The van der Waals surface area contributed by atoms with Gasteiger partial charge in [-0.1, -0.05) is 13.8 Å². The Morgan fingerprint density at radius 3 is 2.48 bits per heavy atom. The van der Waals surface area contributed by atoms with Crippen molar-refractivity contribution in [3.05, 3.63) is 0 Å². The maximum Gasteiger partial charge on any atom is 0.303 e. The molecule has 0 aliphatic heterocycles. The van der Waals surface area contributed by atoms with E-state index in [4.69, 9.17) is 14.0 Å². The van der Waals surface area contributed by atoms with Crippen LogP contribution in [0, 0.1) is 0 Å². The van der Waals surface area contributed by atoms with E-state index < -0.39 is 21.7 Å². The highest BCUT2D eigenvalue weighted by Gasteiger charge is 2.23. The molecule has 8 heteroatoms. The summed E-state index contributed by atoms with van der Waals surface area (Å²) < 4.78 is 33.8. The molecule has 0 saturated carbocycles. The van der Waals surface area contributed by atoms with Gasteiger partial charge in [0.1, 0.15) is 0 Å². The van der Waals surface area contributed by atoms with Gasteiger partial charge in [-0.2, -0.15) is 8.42 Å². The quantitative estimate of drug-likeness (QED) is 0.407. The Hall–Kier alpha value is -0.700. The molecular formula is C13H27NO6S. The van der Waals surface area contributed by atoms with Crippen LogP contribution in [0.5, 0.6) is 0 Å². The molecular weight excluding hydrogens is 298 g/mol. The average molecular weight is 325 g/mol. The number of nitrogens with one attached hydrogen (secondary N) is 1. The van der Waals surface area contributed by atoms with E-state index >= 15 is 0 Å². The molecule has 0 aromatic heterocycles. The normalized spacial score (nSPS) is 12.8. The minimum Gasteiger partial charge on any atom is -0.481 e. The molecule has 7 nitrogen and oxygen atoms in total. The lowest BCUT2D eigenvalue weighted by Gasteiger charge is -2.24. The molecule has 0 aliphatic carbocycles. The van der Waals surface area contributed by atoms with Gasteiger partial charge in [-0.05, 0) is 20.3 Å². The molecule has 0 aliphatic rings. The van der Waals surface area contributed by atoms with Crippen LogP contribution >= 0.6 is 0 Å². The highest BCUT2D eigenvalue weighted by molar-refractivity contribution is 7.86. The highest BCUT2D eigenvalue weighted by atomic mass is 32.2. The summed E-state index contributed by atoms with van der Waals surface area (Å²) in [5.74, 6) is -0.979. The van der Waals surface area contributed by atoms with Crippen molar-refractivity contribution in [1.82, 2.24) is 5.32 Å². The van der Waals surface area contributed by atoms with Crippen molar-refractivity contribution in [2.75, 3.05) is 25.5 Å². The second-order valence-electron chi connectivity index (χ2n) is 5.74. The van der Waals surface area contributed by atoms with E-state index in [1.807, 2.05) is 13.8 Å². The fraction of sp³-hybridized carbons (Fsp3) is 0.923. The van der Waals surface area contributed by atoms with Gasteiger partial charge in [0.15, 0.2) is 0 Å². The van der Waals surface area contributed by atoms with Crippen LogP contribution in [0.3, 0.4) is 0 Å². The van der Waals surface area contributed by atoms with E-state index in [-0.39, 0.29) is 31.4 Å². The third-order valence-electron chi connectivity index (χ3n) is 2.52. The molecule has 0 radical (unpaired) electrons. The Bertz CT molecular complexity index is 405. The SMILES string of the molecule is CC(C)NCCS(=O)(=O)OCC(C)(C)OCCCC(=O)O. The molecule has 0 aromatic rings. The number of rotatable bonds is 12. The third kappa shape index (κ3) is 12.7. The van der Waals surface area contributed by atoms with Gasteiger partial charge >= 0.3 is 5.97 Å². The number of ether oxygens (including phenoxy) is 1. The van der Waals surface area contributed by atoms with Crippen molar-refractivity contribution < 1.29 is 27.2 Å². The predicted molar refractivity (Wildman–Crippen MR) is 79.8 cm³/mol. The van der Waals surface area contributed by atoms with Gasteiger partial charge in [0.25, 0.3) is 10.1 Å². The smallest absolute Gasteiger partial charge is 0.303 e. The summed E-state index contributed by atoms with van der Waals surface area (Å²) >= 11 is 0. The topological polar surface area (TPSA) is 102 Å². The fourth-order valence-corrected chi connectivity index (χ4v) is 2.33. The van der Waals surface area contributed by atoms with Gasteiger partial charge in [0.2, 0.25) is 0 Å². The van der Waals surface area contributed by atoms with Crippen LogP contribution in [0.1, 0.15) is 40.5 Å². The Morgan fingerprint density at radius 2 is 1.95 bits per heavy atom. The van der Waals surface area contributed by atoms with Crippen molar-refractivity contribution >= 4 is 16.1 Å². The van der Waals surface area contributed by atoms with Crippen LogP contribution < -0.4 is 5.32 Å². The summed E-state index contributed by atoms with van der Waals surface area (Å²) in [4.78, 5) is 10.4. The average Bonchev–Trinajstić information content (AvgIpc) is 2.32. The molecule has 0 rings (SSSR count). The van der Waals surface area contributed by atoms with Crippen molar-refractivity contribution in [2.45, 2.75) is 52.2 Å². The minimum atomic E-state index is -3.59. The first-order valence-electron chi connectivity index (χ1n) is 7.00. The monoisotopic (exact) mass is 325 g/mol. The molecule has 0 unspecified atom stereocenters. The van der Waals surface area contributed by atoms with Crippen LogP contribution in [0.25, 0.3) is 0 Å². The van der Waals surface area contributed by atoms with Crippen molar-refractivity contribution in [1.29, 1.82) is 0 Å². The molecule has 2 N–H and O–H groups in total. The summed E-state index contributed by atoms with van der Waals surface area (Å²) in [6.07, 6.45) is 0.403. The lowest BCUT2D eigenvalue weighted by Crippen LogP contribution is -2.35. The standard InChI is InChI=1S/C13H27NO6S/c1-11(2)14-7-9-21(17,18)20-10-13(3,4)19-8-5-6-12(15)16/h11,14H,5-10H2,1-4H3,(H,15,16). The van der Waals surface area contributed by atoms with Crippen molar-refractivity contribution in [2.24, 2.45) is 0 Å². The number of carboxylic acid groups (broad SMARTS) is 1. The van der Waals surface area contributed by atoms with E-state index in [1.54, 1.807) is 13.8 Å². The van der Waals surface area contributed by atoms with Crippen LogP contribution in [0.2, 0.25) is 0 Å². The van der Waals surface area contributed by atoms with Crippen molar-refractivity contribution in [3.63, 3.8) is 0 Å². The van der Waals surface area contributed by atoms with E-state index in [2.05, 4.69) is 5.32 Å². The van der Waals surface area contributed by atoms with Crippen LogP contribution in [-0.2, 0) is 23.8 Å². The zero-order valence-electron chi connectivity index (χ0n) is 13.2. The number of hydrogen-bond donors (Lipinski definition) is 2. The zero-order valence-corrected chi connectivity index (χ0v) is 14.0. The number of carboxylic acids is 1. The summed E-state index contributed by atoms with van der Waals surface area (Å²) in [5, 5.41) is 11.5. The van der Waals surface area contributed by atoms with Gasteiger partial charge in [0.05, 0.1) is 18.0 Å². The summed E-state index contributed by atoms with van der Waals surface area (Å²) in [5.41, 5.74) is -0.781. The first-order chi connectivity index (χ1) is 9.54. The van der Waals surface area contributed by atoms with E-state index in [0.29, 0.717) is 13.0 Å². The lowest BCUT2D eigenvalue weighted by molar-refractivity contribution is -0.137. The Morgan fingerprint density at radius 1 is 1.33 bits per heavy atom. The second kappa shape index (κ2) is 9.34. The summed E-state index contributed by atoms with van der Waals surface area (Å²) in [6, 6.07) is 0.217. The summed E-state index contributed by atoms with van der Waals surface area (Å²) in [6.45, 7) is 7.76. The molecule has 126 valence electrons. The molecule has 0 fully saturated rings. The third-order valence-corrected chi connectivity index (χ3v) is 3.70. The fourth-order valence-electron chi connectivity index (χ4n) is 1.38. The lowest BCUT2D eigenvalue weighted by atomic mass is 10.1. The summed E-state index contributed by atoms with van der Waals surface area (Å²) in [7, 11) is -3.59. The zero-order chi connectivity index (χ0) is 16.5. The van der Waals surface area contributed by atoms with Gasteiger partial charge < -0.3 is 15.2 Å². The Kier molecular flexibility index (Phi) is 9.03. The van der Waals surface area contributed by atoms with Gasteiger partial charge in [-0.25, -0.2) is 0 Å². The molecule has 0 atom stereocenters. The molecule has 0 bridgehead atoms. The van der Waals surface area contributed by atoms with E-state index in [1.165, 1.54) is 0 Å². The van der Waals surface area contributed by atoms with Crippen LogP contribution in [0.4, 0.5) is 0 Å². The van der Waals surface area contributed by atoms with Gasteiger partial charge in [-0.15, -0.1) is 0 Å². The maximum atomic E-state index is 11.7. The second-order valence-corrected chi connectivity index (χ2v) is 7.50. The highest BCUT2D eigenvalue weighted by Crippen LogP contribution is 2.12. The predicted octanol–water partition coefficient (Wildman–Crippen LogP) is 0.991.